The van der Waals surface area contributed by atoms with Crippen LogP contribution in [0.2, 0.25) is 0 Å². The lowest BCUT2D eigenvalue weighted by Gasteiger charge is -2.26. The molecule has 0 aromatic heterocycles. The molecule has 0 bridgehead atoms. The normalized spacial score (nSPS) is 18.7. The van der Waals surface area contributed by atoms with Crippen LogP contribution in [-0.2, 0) is 4.79 Å². The van der Waals surface area contributed by atoms with Crippen molar-refractivity contribution in [3.05, 3.63) is 53.6 Å². The molecule has 6 nitrogen and oxygen atoms in total. The quantitative estimate of drug-likeness (QED) is 0.922. The van der Waals surface area contributed by atoms with Crippen molar-refractivity contribution in [1.29, 1.82) is 0 Å². The molecule has 4 rings (SSSR count). The minimum atomic E-state index is -0.185. The van der Waals surface area contributed by atoms with Gasteiger partial charge in [-0.2, -0.15) is 0 Å². The van der Waals surface area contributed by atoms with E-state index in [2.05, 4.69) is 5.32 Å². The average molecular weight is 352 g/mol. The summed E-state index contributed by atoms with van der Waals surface area (Å²) in [4.78, 5) is 26.3. The van der Waals surface area contributed by atoms with E-state index in [0.717, 1.165) is 30.7 Å². The zero-order chi connectivity index (χ0) is 18.1. The molecule has 2 aliphatic heterocycles. The molecule has 0 unspecified atom stereocenters. The third kappa shape index (κ3) is 2.98. The zero-order valence-electron chi connectivity index (χ0n) is 14.5. The highest BCUT2D eigenvalue weighted by molar-refractivity contribution is 5.99. The maximum atomic E-state index is 13.1. The summed E-state index contributed by atoms with van der Waals surface area (Å²) in [5.74, 6) is 1.14. The maximum absolute atomic E-state index is 13.1. The van der Waals surface area contributed by atoms with Gasteiger partial charge >= 0.3 is 0 Å². The number of ether oxygens (including phenoxy) is 2. The van der Waals surface area contributed by atoms with Crippen molar-refractivity contribution in [3.8, 4) is 11.5 Å². The van der Waals surface area contributed by atoms with E-state index >= 15 is 0 Å². The Morgan fingerprint density at radius 3 is 2.81 bits per heavy atom. The van der Waals surface area contributed by atoms with Gasteiger partial charge in [0.05, 0.1) is 18.8 Å². The van der Waals surface area contributed by atoms with Crippen LogP contribution in [0.1, 0.15) is 34.8 Å². The van der Waals surface area contributed by atoms with Crippen molar-refractivity contribution in [1.82, 2.24) is 4.90 Å². The van der Waals surface area contributed by atoms with Gasteiger partial charge in [0.15, 0.2) is 6.61 Å². The number of nitrogens with zero attached hydrogens (tertiary/aromatic N) is 1. The molecule has 2 aromatic carbocycles. The average Bonchev–Trinajstić information content (AvgIpc) is 3.17. The smallest absolute Gasteiger partial charge is 0.262 e. The van der Waals surface area contributed by atoms with Gasteiger partial charge in [0.1, 0.15) is 11.5 Å². The van der Waals surface area contributed by atoms with Gasteiger partial charge in [-0.3, -0.25) is 9.59 Å². The van der Waals surface area contributed by atoms with Crippen molar-refractivity contribution < 1.29 is 19.1 Å². The van der Waals surface area contributed by atoms with Crippen molar-refractivity contribution in [3.63, 3.8) is 0 Å². The van der Waals surface area contributed by atoms with Gasteiger partial charge in [-0.1, -0.05) is 12.1 Å². The van der Waals surface area contributed by atoms with Crippen LogP contribution in [-0.4, -0.2) is 37.0 Å². The molecule has 26 heavy (non-hydrogen) atoms. The first-order valence-electron chi connectivity index (χ1n) is 8.67. The number of fused-ring (bicyclic) bond motifs is 1. The lowest BCUT2D eigenvalue weighted by atomic mass is 10.0. The Kier molecular flexibility index (Phi) is 4.24. The fourth-order valence-electron chi connectivity index (χ4n) is 3.56. The monoisotopic (exact) mass is 352 g/mol. The highest BCUT2D eigenvalue weighted by atomic mass is 16.5. The van der Waals surface area contributed by atoms with E-state index in [0.29, 0.717) is 17.0 Å². The largest absolute Gasteiger partial charge is 0.497 e. The molecule has 1 atom stereocenters. The van der Waals surface area contributed by atoms with Gasteiger partial charge in [0.2, 0.25) is 0 Å². The second kappa shape index (κ2) is 6.71. The molecular weight excluding hydrogens is 332 g/mol. The van der Waals surface area contributed by atoms with Crippen LogP contribution in [0.15, 0.2) is 42.5 Å². The molecule has 1 saturated heterocycles. The Labute approximate surface area is 151 Å². The fourth-order valence-corrected chi connectivity index (χ4v) is 3.56. The molecular formula is C20H20N2O4. The number of rotatable bonds is 3. The van der Waals surface area contributed by atoms with Gasteiger partial charge in [-0.05, 0) is 48.7 Å². The van der Waals surface area contributed by atoms with Gasteiger partial charge < -0.3 is 19.7 Å². The summed E-state index contributed by atoms with van der Waals surface area (Å²) in [6, 6.07) is 13.1. The van der Waals surface area contributed by atoms with E-state index in [-0.39, 0.29) is 24.5 Å². The summed E-state index contributed by atoms with van der Waals surface area (Å²) in [5.41, 5.74) is 2.28. The topological polar surface area (TPSA) is 67.9 Å². The van der Waals surface area contributed by atoms with Gasteiger partial charge in [0.25, 0.3) is 11.8 Å². The predicted molar refractivity (Wildman–Crippen MR) is 96.6 cm³/mol. The molecule has 0 radical (unpaired) electrons. The van der Waals surface area contributed by atoms with Crippen LogP contribution in [0.3, 0.4) is 0 Å². The van der Waals surface area contributed by atoms with Crippen molar-refractivity contribution in [2.75, 3.05) is 25.6 Å². The molecule has 0 aliphatic carbocycles. The summed E-state index contributed by atoms with van der Waals surface area (Å²) in [6.45, 7) is 0.701. The minimum Gasteiger partial charge on any atom is -0.497 e. The zero-order valence-corrected chi connectivity index (χ0v) is 14.5. The van der Waals surface area contributed by atoms with Crippen LogP contribution in [0, 0.1) is 0 Å². The maximum Gasteiger partial charge on any atom is 0.262 e. The number of hydrogen-bond acceptors (Lipinski definition) is 4. The number of methoxy groups -OCH3 is 1. The highest BCUT2D eigenvalue weighted by Crippen LogP contribution is 2.35. The third-order valence-electron chi connectivity index (χ3n) is 4.88. The van der Waals surface area contributed by atoms with Gasteiger partial charge in [0, 0.05) is 12.1 Å². The number of amides is 2. The van der Waals surface area contributed by atoms with Crippen LogP contribution < -0.4 is 14.8 Å². The first-order chi connectivity index (χ1) is 12.7. The number of nitrogens with one attached hydrogen (secondary N) is 1. The molecule has 6 heteroatoms. The Bertz CT molecular complexity index is 847. The number of benzene rings is 2. The van der Waals surface area contributed by atoms with E-state index in [9.17, 15) is 9.59 Å². The number of carbonyl (C=O) groups is 2. The SMILES string of the molecule is COc1ccc([C@H]2CCCN2C(=O)c2ccc3c(c2)OCC(=O)N3)cc1. The number of hydrogen-bond donors (Lipinski definition) is 1. The Morgan fingerprint density at radius 1 is 1.23 bits per heavy atom. The summed E-state index contributed by atoms with van der Waals surface area (Å²) >= 11 is 0. The Hall–Kier alpha value is -3.02. The predicted octanol–water partition coefficient (Wildman–Crippen LogP) is 3.00. The molecule has 1 fully saturated rings. The van der Waals surface area contributed by atoms with E-state index in [1.54, 1.807) is 25.3 Å². The minimum absolute atomic E-state index is 0.0216. The van der Waals surface area contributed by atoms with Crippen molar-refractivity contribution >= 4 is 17.5 Å². The van der Waals surface area contributed by atoms with Crippen molar-refractivity contribution in [2.45, 2.75) is 18.9 Å². The van der Waals surface area contributed by atoms with Crippen LogP contribution in [0.4, 0.5) is 5.69 Å². The standard InChI is InChI=1S/C20H20N2O4/c1-25-15-7-4-13(5-8-15)17-3-2-10-22(17)20(24)14-6-9-16-18(11-14)26-12-19(23)21-16/h4-9,11,17H,2-3,10,12H2,1H3,(H,21,23)/t17-/m1/s1. The molecule has 1 N–H and O–H groups in total. The molecule has 134 valence electrons. The number of anilines is 1. The first kappa shape index (κ1) is 16.4. The Balaban J connectivity index is 1.57. The Morgan fingerprint density at radius 2 is 2.04 bits per heavy atom. The lowest BCUT2D eigenvalue weighted by molar-refractivity contribution is -0.118. The van der Waals surface area contributed by atoms with E-state index < -0.39 is 0 Å². The number of carbonyl (C=O) groups excluding carboxylic acids is 2. The van der Waals surface area contributed by atoms with Crippen LogP contribution in [0.5, 0.6) is 11.5 Å². The molecule has 2 aromatic rings. The number of likely N-dealkylation sites (tertiary alicyclic amines) is 1. The third-order valence-corrected chi connectivity index (χ3v) is 4.88. The van der Waals surface area contributed by atoms with Crippen LogP contribution >= 0.6 is 0 Å². The van der Waals surface area contributed by atoms with E-state index in [1.807, 2.05) is 29.2 Å². The molecule has 0 saturated carbocycles. The second-order valence-corrected chi connectivity index (χ2v) is 6.48. The molecule has 2 amide bonds. The summed E-state index contributed by atoms with van der Waals surface area (Å²) < 4.78 is 10.6. The van der Waals surface area contributed by atoms with E-state index in [1.165, 1.54) is 0 Å². The molecule has 0 spiro atoms. The van der Waals surface area contributed by atoms with Gasteiger partial charge in [-0.15, -0.1) is 0 Å². The van der Waals surface area contributed by atoms with Crippen molar-refractivity contribution in [2.24, 2.45) is 0 Å². The van der Waals surface area contributed by atoms with Gasteiger partial charge in [-0.25, -0.2) is 0 Å². The second-order valence-electron chi connectivity index (χ2n) is 6.48. The highest BCUT2D eigenvalue weighted by Gasteiger charge is 2.31. The summed E-state index contributed by atoms with van der Waals surface area (Å²) in [5, 5.41) is 2.74. The summed E-state index contributed by atoms with van der Waals surface area (Å²) in [7, 11) is 1.64. The van der Waals surface area contributed by atoms with E-state index in [4.69, 9.17) is 9.47 Å². The first-order valence-corrected chi connectivity index (χ1v) is 8.67. The summed E-state index contributed by atoms with van der Waals surface area (Å²) in [6.07, 6.45) is 1.91. The fraction of sp³-hybridized carbons (Fsp3) is 0.300. The molecule has 2 heterocycles. The molecule has 2 aliphatic rings. The van der Waals surface area contributed by atoms with Crippen LogP contribution in [0.25, 0.3) is 0 Å². The lowest BCUT2D eigenvalue weighted by Crippen LogP contribution is -2.31.